The van der Waals surface area contributed by atoms with Crippen LogP contribution in [-0.4, -0.2) is 32.6 Å². The maximum atomic E-state index is 12.8. The topological polar surface area (TPSA) is 92.7 Å². The Kier molecular flexibility index (Phi) is 5.55. The molecule has 2 N–H and O–H groups in total. The van der Waals surface area contributed by atoms with E-state index < -0.39 is 28.1 Å². The third-order valence-electron chi connectivity index (χ3n) is 4.23. The number of esters is 1. The molecule has 0 saturated heterocycles. The summed E-state index contributed by atoms with van der Waals surface area (Å²) in [5, 5.41) is 12.2. The molecule has 3 aromatic rings. The van der Waals surface area contributed by atoms with Crippen molar-refractivity contribution >= 4 is 26.8 Å². The number of methoxy groups -OCH3 is 1. The first-order chi connectivity index (χ1) is 12.9. The summed E-state index contributed by atoms with van der Waals surface area (Å²) in [6, 6.07) is 18.8. The molecule has 3 rings (SSSR count). The van der Waals surface area contributed by atoms with Gasteiger partial charge in [0.25, 0.3) is 0 Å². The molecule has 2 atom stereocenters. The maximum absolute atomic E-state index is 12.8. The monoisotopic (exact) mass is 385 g/mol. The van der Waals surface area contributed by atoms with Crippen LogP contribution in [0.25, 0.3) is 10.8 Å². The van der Waals surface area contributed by atoms with Crippen LogP contribution >= 0.6 is 0 Å². The summed E-state index contributed by atoms with van der Waals surface area (Å²) in [5.74, 6) is -0.879. The van der Waals surface area contributed by atoms with E-state index in [0.29, 0.717) is 5.56 Å². The van der Waals surface area contributed by atoms with Crippen LogP contribution in [0, 0.1) is 0 Å². The van der Waals surface area contributed by atoms with Gasteiger partial charge in [0.2, 0.25) is 10.0 Å². The first kappa shape index (κ1) is 19.0. The van der Waals surface area contributed by atoms with Crippen LogP contribution in [0.4, 0.5) is 0 Å². The highest BCUT2D eigenvalue weighted by atomic mass is 32.2. The van der Waals surface area contributed by atoms with Crippen molar-refractivity contribution in [2.24, 2.45) is 0 Å². The standard InChI is InChI=1S/C20H19NO5S/c1-26-20(23)18(19(22)15-8-3-2-4-9-15)21-27(24,25)17-12-11-14-7-5-6-10-16(14)13-17/h2-13,18-19,21-22H,1H3/t18-,19-/m0/s1. The lowest BCUT2D eigenvalue weighted by Gasteiger charge is -2.22. The number of carbonyl (C=O) groups excluding carboxylic acids is 1. The first-order valence-corrected chi connectivity index (χ1v) is 9.72. The van der Waals surface area contributed by atoms with Crippen molar-refractivity contribution in [3.63, 3.8) is 0 Å². The summed E-state index contributed by atoms with van der Waals surface area (Å²) in [6.07, 6.45) is -1.39. The quantitative estimate of drug-likeness (QED) is 0.636. The van der Waals surface area contributed by atoms with Crippen LogP contribution in [0.1, 0.15) is 11.7 Å². The number of hydrogen-bond acceptors (Lipinski definition) is 5. The first-order valence-electron chi connectivity index (χ1n) is 8.24. The number of aliphatic hydroxyl groups is 1. The van der Waals surface area contributed by atoms with Gasteiger partial charge in [-0.3, -0.25) is 4.79 Å². The maximum Gasteiger partial charge on any atom is 0.326 e. The van der Waals surface area contributed by atoms with E-state index in [9.17, 15) is 18.3 Å². The Hall–Kier alpha value is -2.74. The number of fused-ring (bicyclic) bond motifs is 1. The van der Waals surface area contributed by atoms with Gasteiger partial charge in [0.15, 0.2) is 0 Å². The molecule has 7 heteroatoms. The Morgan fingerprint density at radius 1 is 0.963 bits per heavy atom. The average molecular weight is 385 g/mol. The van der Waals surface area contributed by atoms with E-state index in [-0.39, 0.29) is 4.90 Å². The third kappa shape index (κ3) is 4.16. The molecule has 0 radical (unpaired) electrons. The lowest BCUT2D eigenvalue weighted by molar-refractivity contribution is -0.145. The molecule has 0 heterocycles. The van der Waals surface area contributed by atoms with Crippen LogP contribution in [0.5, 0.6) is 0 Å². The number of benzene rings is 3. The fraction of sp³-hybridized carbons (Fsp3) is 0.150. The van der Waals surface area contributed by atoms with Crippen LogP contribution in [0.2, 0.25) is 0 Å². The van der Waals surface area contributed by atoms with Gasteiger partial charge in [-0.15, -0.1) is 0 Å². The van der Waals surface area contributed by atoms with Crippen molar-refractivity contribution in [3.8, 4) is 0 Å². The smallest absolute Gasteiger partial charge is 0.326 e. The van der Waals surface area contributed by atoms with Gasteiger partial charge in [0.05, 0.1) is 12.0 Å². The summed E-state index contributed by atoms with van der Waals surface area (Å²) < 4.78 is 32.6. The van der Waals surface area contributed by atoms with E-state index in [1.54, 1.807) is 42.5 Å². The van der Waals surface area contributed by atoms with Crippen LogP contribution in [0.15, 0.2) is 77.7 Å². The Morgan fingerprint density at radius 3 is 2.26 bits per heavy atom. The number of ether oxygens (including phenoxy) is 1. The van der Waals surface area contributed by atoms with Gasteiger partial charge in [0, 0.05) is 0 Å². The number of carbonyl (C=O) groups is 1. The molecule has 0 aliphatic carbocycles. The molecule has 0 spiro atoms. The van der Waals surface area contributed by atoms with Gasteiger partial charge in [-0.25, -0.2) is 8.42 Å². The highest BCUT2D eigenvalue weighted by Gasteiger charge is 2.33. The zero-order valence-electron chi connectivity index (χ0n) is 14.6. The number of rotatable bonds is 6. The Morgan fingerprint density at radius 2 is 1.59 bits per heavy atom. The van der Waals surface area contributed by atoms with E-state index >= 15 is 0 Å². The number of nitrogens with one attached hydrogen (secondary N) is 1. The summed E-state index contributed by atoms with van der Waals surface area (Å²) in [6.45, 7) is 0. The second-order valence-electron chi connectivity index (χ2n) is 5.99. The molecule has 3 aromatic carbocycles. The molecule has 0 saturated carbocycles. The summed E-state index contributed by atoms with van der Waals surface area (Å²) in [5.41, 5.74) is 0.397. The van der Waals surface area contributed by atoms with Crippen molar-refractivity contribution in [1.82, 2.24) is 4.72 Å². The molecule has 0 aliphatic rings. The van der Waals surface area contributed by atoms with Crippen molar-refractivity contribution in [2.75, 3.05) is 7.11 Å². The number of aliphatic hydroxyl groups excluding tert-OH is 1. The van der Waals surface area contributed by atoms with Crippen molar-refractivity contribution < 1.29 is 23.1 Å². The normalized spacial score (nSPS) is 13.9. The minimum atomic E-state index is -4.07. The van der Waals surface area contributed by atoms with Gasteiger partial charge in [-0.2, -0.15) is 4.72 Å². The molecule has 140 valence electrons. The summed E-state index contributed by atoms with van der Waals surface area (Å²) in [4.78, 5) is 12.1. The Labute approximate surface area is 157 Å². The molecule has 0 unspecified atom stereocenters. The average Bonchev–Trinajstić information content (AvgIpc) is 2.71. The second-order valence-corrected chi connectivity index (χ2v) is 7.70. The Balaban J connectivity index is 1.94. The number of hydrogen-bond donors (Lipinski definition) is 2. The second kappa shape index (κ2) is 7.87. The van der Waals surface area contributed by atoms with Crippen LogP contribution in [0.3, 0.4) is 0 Å². The predicted octanol–water partition coefficient (Wildman–Crippen LogP) is 2.39. The molecule has 0 aromatic heterocycles. The lowest BCUT2D eigenvalue weighted by atomic mass is 10.0. The molecule has 0 bridgehead atoms. The molecule has 27 heavy (non-hydrogen) atoms. The van der Waals surface area contributed by atoms with Crippen molar-refractivity contribution in [2.45, 2.75) is 17.0 Å². The highest BCUT2D eigenvalue weighted by Crippen LogP contribution is 2.22. The lowest BCUT2D eigenvalue weighted by Crippen LogP contribution is -2.45. The van der Waals surface area contributed by atoms with E-state index in [1.807, 2.05) is 18.2 Å². The molecule has 0 aliphatic heterocycles. The van der Waals surface area contributed by atoms with Gasteiger partial charge in [-0.1, -0.05) is 60.7 Å². The van der Waals surface area contributed by atoms with Gasteiger partial charge >= 0.3 is 5.97 Å². The predicted molar refractivity (Wildman–Crippen MR) is 101 cm³/mol. The van der Waals surface area contributed by atoms with E-state index in [0.717, 1.165) is 17.9 Å². The third-order valence-corrected chi connectivity index (χ3v) is 5.66. The molecular formula is C20H19NO5S. The Bertz CT molecular complexity index is 1050. The van der Waals surface area contributed by atoms with Gasteiger partial charge in [-0.05, 0) is 28.5 Å². The SMILES string of the molecule is COC(=O)[C@@H](NS(=O)(=O)c1ccc2ccccc2c1)[C@@H](O)c1ccccc1. The van der Waals surface area contributed by atoms with E-state index in [4.69, 9.17) is 0 Å². The minimum absolute atomic E-state index is 0.00429. The highest BCUT2D eigenvalue weighted by molar-refractivity contribution is 7.89. The molecule has 6 nitrogen and oxygen atoms in total. The molecular weight excluding hydrogens is 366 g/mol. The van der Waals surface area contributed by atoms with E-state index in [1.165, 1.54) is 12.1 Å². The van der Waals surface area contributed by atoms with Crippen molar-refractivity contribution in [3.05, 3.63) is 78.4 Å². The molecule has 0 amide bonds. The van der Waals surface area contributed by atoms with Crippen molar-refractivity contribution in [1.29, 1.82) is 0 Å². The zero-order chi connectivity index (χ0) is 19.4. The molecule has 0 fully saturated rings. The van der Waals surface area contributed by atoms with Crippen LogP contribution < -0.4 is 4.72 Å². The van der Waals surface area contributed by atoms with Gasteiger partial charge < -0.3 is 9.84 Å². The van der Waals surface area contributed by atoms with E-state index in [2.05, 4.69) is 9.46 Å². The fourth-order valence-corrected chi connectivity index (χ4v) is 4.01. The zero-order valence-corrected chi connectivity index (χ0v) is 15.4. The summed E-state index contributed by atoms with van der Waals surface area (Å²) >= 11 is 0. The summed E-state index contributed by atoms with van der Waals surface area (Å²) in [7, 11) is -2.93. The largest absolute Gasteiger partial charge is 0.468 e. The fourth-order valence-electron chi connectivity index (χ4n) is 2.78. The van der Waals surface area contributed by atoms with Crippen LogP contribution in [-0.2, 0) is 19.6 Å². The number of sulfonamides is 1. The van der Waals surface area contributed by atoms with Gasteiger partial charge in [0.1, 0.15) is 12.1 Å². The minimum Gasteiger partial charge on any atom is -0.468 e.